The Bertz CT molecular complexity index is 1990. The zero-order valence-electron chi connectivity index (χ0n) is 25.7. The van der Waals surface area contributed by atoms with Gasteiger partial charge in [-0.1, -0.05) is 6.42 Å². The van der Waals surface area contributed by atoms with Crippen molar-refractivity contribution in [3.63, 3.8) is 0 Å². The van der Waals surface area contributed by atoms with Crippen LogP contribution in [0.25, 0.3) is 56.0 Å². The first-order valence-electron chi connectivity index (χ1n) is 16.2. The summed E-state index contributed by atoms with van der Waals surface area (Å²) in [6.07, 6.45) is 13.6. The summed E-state index contributed by atoms with van der Waals surface area (Å²) < 4.78 is 20.8. The van der Waals surface area contributed by atoms with E-state index in [2.05, 4.69) is 52.1 Å². The van der Waals surface area contributed by atoms with Gasteiger partial charge in [0.15, 0.2) is 17.1 Å². The number of aromatic nitrogens is 7. The molecule has 2 N–H and O–H groups in total. The molecular formula is C35H36FN9O. The molecule has 8 rings (SSSR count). The van der Waals surface area contributed by atoms with Gasteiger partial charge in [0.2, 0.25) is 0 Å². The third kappa shape index (κ3) is 5.95. The zero-order valence-corrected chi connectivity index (χ0v) is 25.7. The van der Waals surface area contributed by atoms with Crippen molar-refractivity contribution in [3.05, 3.63) is 72.6 Å². The lowest BCUT2D eigenvalue weighted by Crippen LogP contribution is -2.29. The van der Waals surface area contributed by atoms with E-state index in [-0.39, 0.29) is 5.82 Å². The predicted molar refractivity (Wildman–Crippen MR) is 176 cm³/mol. The summed E-state index contributed by atoms with van der Waals surface area (Å²) in [6, 6.07) is 11.0. The maximum absolute atomic E-state index is 14.8. The van der Waals surface area contributed by atoms with Crippen LogP contribution in [0.5, 0.6) is 5.75 Å². The van der Waals surface area contributed by atoms with Gasteiger partial charge in [-0.2, -0.15) is 5.10 Å². The van der Waals surface area contributed by atoms with Crippen LogP contribution in [0.4, 0.5) is 4.39 Å². The molecule has 0 saturated carbocycles. The van der Waals surface area contributed by atoms with E-state index >= 15 is 0 Å². The number of benzene rings is 1. The molecule has 0 radical (unpaired) electrons. The van der Waals surface area contributed by atoms with Crippen molar-refractivity contribution >= 4 is 22.2 Å². The lowest BCUT2D eigenvalue weighted by atomic mass is 10.1. The lowest BCUT2D eigenvalue weighted by molar-refractivity contribution is 0.220. The van der Waals surface area contributed by atoms with E-state index in [4.69, 9.17) is 9.72 Å². The normalized spacial score (nSPS) is 16.1. The minimum Gasteiger partial charge on any atom is -0.492 e. The van der Waals surface area contributed by atoms with Crippen molar-refractivity contribution in [1.29, 1.82) is 0 Å². The SMILES string of the molecule is Fc1cc(OCCN2CCCC2)cc(-c2ccnc3nc(-c4[nH]nc5ncc(-c6cncc(CN7CCCCC7)c6)cc45)[nH]c23)c1. The molecule has 2 aliphatic heterocycles. The zero-order chi connectivity index (χ0) is 30.9. The van der Waals surface area contributed by atoms with Gasteiger partial charge in [0.1, 0.15) is 23.9 Å². The van der Waals surface area contributed by atoms with Crippen LogP contribution in [0.2, 0.25) is 0 Å². The molecule has 2 saturated heterocycles. The van der Waals surface area contributed by atoms with Crippen molar-refractivity contribution < 1.29 is 9.13 Å². The summed E-state index contributed by atoms with van der Waals surface area (Å²) in [6.45, 7) is 6.73. The minimum atomic E-state index is -0.356. The predicted octanol–water partition coefficient (Wildman–Crippen LogP) is 6.22. The lowest BCUT2D eigenvalue weighted by Gasteiger charge is -2.26. The summed E-state index contributed by atoms with van der Waals surface area (Å²) >= 11 is 0. The number of piperidine rings is 1. The number of nitrogens with one attached hydrogen (secondary N) is 2. The van der Waals surface area contributed by atoms with Crippen LogP contribution in [-0.2, 0) is 6.54 Å². The van der Waals surface area contributed by atoms with Crippen LogP contribution in [0, 0.1) is 5.82 Å². The first-order chi connectivity index (χ1) is 22.7. The number of fused-ring (bicyclic) bond motifs is 2. The molecule has 0 spiro atoms. The number of pyridine rings is 3. The Balaban J connectivity index is 1.08. The standard InChI is InChI=1S/C35H36FN9O/c36-27-15-24(16-28(18-27)46-13-12-44-8-4-5-9-44)29-6-7-38-34-31(29)40-35(41-34)32-30-17-26(21-39-33(30)43-42-32)25-14-23(19-37-20-25)22-45-10-2-1-3-11-45/h6-7,14-21H,1-5,8-13,22H2,(H,38,40,41)(H,39,42,43). The van der Waals surface area contributed by atoms with Gasteiger partial charge in [-0.05, 0) is 93.3 Å². The molecule has 46 heavy (non-hydrogen) atoms. The Morgan fingerprint density at radius 3 is 2.52 bits per heavy atom. The molecule has 7 heterocycles. The van der Waals surface area contributed by atoms with Crippen LogP contribution < -0.4 is 4.74 Å². The number of imidazole rings is 1. The Hall–Kier alpha value is -4.74. The fourth-order valence-corrected chi connectivity index (χ4v) is 6.72. The van der Waals surface area contributed by atoms with Crippen molar-refractivity contribution in [2.75, 3.05) is 39.3 Å². The number of H-pyrrole nitrogens is 2. The number of halogens is 1. The summed E-state index contributed by atoms with van der Waals surface area (Å²) in [7, 11) is 0. The quantitative estimate of drug-likeness (QED) is 0.197. The first-order valence-corrected chi connectivity index (χ1v) is 16.2. The minimum absolute atomic E-state index is 0.356. The van der Waals surface area contributed by atoms with Gasteiger partial charge in [0.25, 0.3) is 0 Å². The van der Waals surface area contributed by atoms with Crippen LogP contribution in [0.3, 0.4) is 0 Å². The molecule has 234 valence electrons. The summed E-state index contributed by atoms with van der Waals surface area (Å²) in [5.41, 5.74) is 7.15. The van der Waals surface area contributed by atoms with Crippen LogP contribution in [0.15, 0.2) is 61.2 Å². The average molecular weight is 618 g/mol. The molecule has 5 aromatic heterocycles. The topological polar surface area (TPSA) is 112 Å². The third-order valence-corrected chi connectivity index (χ3v) is 9.08. The molecule has 0 aliphatic carbocycles. The molecule has 11 heteroatoms. The smallest absolute Gasteiger partial charge is 0.181 e. The van der Waals surface area contributed by atoms with E-state index in [1.807, 2.05) is 30.7 Å². The fourth-order valence-electron chi connectivity index (χ4n) is 6.72. The van der Waals surface area contributed by atoms with E-state index in [1.54, 1.807) is 6.20 Å². The molecular weight excluding hydrogens is 581 g/mol. The van der Waals surface area contributed by atoms with E-state index in [1.165, 1.54) is 49.8 Å². The summed E-state index contributed by atoms with van der Waals surface area (Å²) in [4.78, 5) is 26.8. The number of ether oxygens (including phenoxy) is 1. The maximum Gasteiger partial charge on any atom is 0.181 e. The largest absolute Gasteiger partial charge is 0.492 e. The van der Waals surface area contributed by atoms with Crippen LogP contribution in [-0.4, -0.2) is 84.2 Å². The van der Waals surface area contributed by atoms with Crippen molar-refractivity contribution in [3.8, 4) is 39.5 Å². The molecule has 2 fully saturated rings. The second kappa shape index (κ2) is 12.6. The van der Waals surface area contributed by atoms with Gasteiger partial charge < -0.3 is 9.72 Å². The second-order valence-corrected chi connectivity index (χ2v) is 12.3. The van der Waals surface area contributed by atoms with Gasteiger partial charge in [0, 0.05) is 60.6 Å². The molecule has 10 nitrogen and oxygen atoms in total. The number of nitrogens with zero attached hydrogens (tertiary/aromatic N) is 7. The Morgan fingerprint density at radius 1 is 0.804 bits per heavy atom. The van der Waals surface area contributed by atoms with Gasteiger partial charge in [-0.25, -0.2) is 19.3 Å². The fraction of sp³-hybridized carbons (Fsp3) is 0.343. The van der Waals surface area contributed by atoms with Crippen molar-refractivity contribution in [1.82, 2.24) is 44.9 Å². The highest BCUT2D eigenvalue weighted by Crippen LogP contribution is 2.33. The van der Waals surface area contributed by atoms with Gasteiger partial charge >= 0.3 is 0 Å². The Morgan fingerprint density at radius 2 is 1.63 bits per heavy atom. The molecule has 0 unspecified atom stereocenters. The first kappa shape index (κ1) is 28.7. The van der Waals surface area contributed by atoms with E-state index < -0.39 is 0 Å². The third-order valence-electron chi connectivity index (χ3n) is 9.08. The van der Waals surface area contributed by atoms with E-state index in [9.17, 15) is 4.39 Å². The molecule has 2 aliphatic rings. The van der Waals surface area contributed by atoms with E-state index in [0.717, 1.165) is 61.3 Å². The Kier molecular flexibility index (Phi) is 7.85. The number of hydrogen-bond donors (Lipinski definition) is 2. The molecule has 0 atom stereocenters. The number of likely N-dealkylation sites (tertiary alicyclic amines) is 2. The van der Waals surface area contributed by atoms with Crippen molar-refractivity contribution in [2.24, 2.45) is 0 Å². The average Bonchev–Trinajstić information content (AvgIpc) is 3.85. The van der Waals surface area contributed by atoms with Crippen LogP contribution >= 0.6 is 0 Å². The second-order valence-electron chi connectivity index (χ2n) is 12.3. The molecule has 0 bridgehead atoms. The van der Waals surface area contributed by atoms with Crippen LogP contribution in [0.1, 0.15) is 37.7 Å². The molecule has 6 aromatic rings. The van der Waals surface area contributed by atoms with Gasteiger partial charge in [0.05, 0.1) is 10.9 Å². The highest BCUT2D eigenvalue weighted by molar-refractivity contribution is 5.96. The highest BCUT2D eigenvalue weighted by Gasteiger charge is 2.18. The van der Waals surface area contributed by atoms with E-state index in [0.29, 0.717) is 46.2 Å². The number of aromatic amines is 2. The monoisotopic (exact) mass is 617 g/mol. The van der Waals surface area contributed by atoms with Gasteiger partial charge in [-0.15, -0.1) is 0 Å². The van der Waals surface area contributed by atoms with Gasteiger partial charge in [-0.3, -0.25) is 19.9 Å². The number of rotatable bonds is 9. The Labute approximate surface area is 266 Å². The molecule has 1 aromatic carbocycles. The number of hydrogen-bond acceptors (Lipinski definition) is 8. The summed E-state index contributed by atoms with van der Waals surface area (Å²) in [5, 5.41) is 8.40. The van der Waals surface area contributed by atoms with Crippen molar-refractivity contribution in [2.45, 2.75) is 38.6 Å². The highest BCUT2D eigenvalue weighted by atomic mass is 19.1. The maximum atomic E-state index is 14.8. The summed E-state index contributed by atoms with van der Waals surface area (Å²) in [5.74, 6) is 0.726. The molecule has 0 amide bonds.